The number of pyridine rings is 1. The Hall–Kier alpha value is -2.83. The fourth-order valence-corrected chi connectivity index (χ4v) is 3.29. The third-order valence-corrected chi connectivity index (χ3v) is 4.78. The molecule has 7 heteroatoms. The van der Waals surface area contributed by atoms with Gasteiger partial charge in [-0.3, -0.25) is 4.99 Å². The summed E-state index contributed by atoms with van der Waals surface area (Å²) >= 11 is 0. The molecule has 29 heavy (non-hydrogen) atoms. The summed E-state index contributed by atoms with van der Waals surface area (Å²) in [5.74, 6) is 2.21. The molecule has 2 N–H and O–H groups in total. The maximum atomic E-state index is 14.0. The summed E-state index contributed by atoms with van der Waals surface area (Å²) in [6.45, 7) is 7.01. The lowest BCUT2D eigenvalue weighted by Crippen LogP contribution is -2.44. The number of ether oxygens (including phenoxy) is 1. The second kappa shape index (κ2) is 10.1. The molecule has 156 valence electrons. The Morgan fingerprint density at radius 3 is 2.90 bits per heavy atom. The number of anilines is 1. The molecular formula is C22H30FN5O. The van der Waals surface area contributed by atoms with E-state index in [0.717, 1.165) is 30.2 Å². The summed E-state index contributed by atoms with van der Waals surface area (Å²) in [6, 6.07) is 11.3. The first kappa shape index (κ1) is 20.9. The molecule has 0 saturated carbocycles. The van der Waals surface area contributed by atoms with E-state index in [0.29, 0.717) is 31.4 Å². The van der Waals surface area contributed by atoms with Gasteiger partial charge < -0.3 is 20.3 Å². The van der Waals surface area contributed by atoms with E-state index in [9.17, 15) is 4.39 Å². The van der Waals surface area contributed by atoms with Gasteiger partial charge in [-0.05, 0) is 30.5 Å². The number of benzene rings is 1. The number of aliphatic imine (C=N–C) groups is 1. The lowest BCUT2D eigenvalue weighted by molar-refractivity contribution is 0.268. The van der Waals surface area contributed by atoms with Crippen LogP contribution in [0.3, 0.4) is 0 Å². The zero-order valence-corrected chi connectivity index (χ0v) is 17.4. The minimum absolute atomic E-state index is 0.176. The number of para-hydroxylation sites is 1. The van der Waals surface area contributed by atoms with E-state index in [1.807, 2.05) is 23.1 Å². The monoisotopic (exact) mass is 399 g/mol. The Labute approximate surface area is 172 Å². The summed E-state index contributed by atoms with van der Waals surface area (Å²) in [4.78, 5) is 10.5. The SMILES string of the molecule is CN=C(NCc1ccccc1OCC(C)C)NC1CCN(c2ncccc2F)C1. The topological polar surface area (TPSA) is 61.8 Å². The summed E-state index contributed by atoms with van der Waals surface area (Å²) in [5, 5.41) is 6.79. The predicted octanol–water partition coefficient (Wildman–Crippen LogP) is 3.20. The van der Waals surface area contributed by atoms with E-state index in [1.165, 1.54) is 6.07 Å². The average Bonchev–Trinajstić information content (AvgIpc) is 3.18. The molecule has 0 amide bonds. The molecule has 1 fully saturated rings. The van der Waals surface area contributed by atoms with Gasteiger partial charge in [0.25, 0.3) is 0 Å². The van der Waals surface area contributed by atoms with Crippen LogP contribution in [0.1, 0.15) is 25.8 Å². The Bertz CT molecular complexity index is 826. The fourth-order valence-electron chi connectivity index (χ4n) is 3.29. The van der Waals surface area contributed by atoms with E-state index in [-0.39, 0.29) is 11.9 Å². The second-order valence-corrected chi connectivity index (χ2v) is 7.62. The molecule has 1 unspecified atom stereocenters. The maximum absolute atomic E-state index is 14.0. The fraction of sp³-hybridized carbons (Fsp3) is 0.455. The van der Waals surface area contributed by atoms with Crippen molar-refractivity contribution in [2.75, 3.05) is 31.6 Å². The van der Waals surface area contributed by atoms with Crippen molar-refractivity contribution in [3.63, 3.8) is 0 Å². The molecule has 6 nitrogen and oxygen atoms in total. The largest absolute Gasteiger partial charge is 0.493 e. The Morgan fingerprint density at radius 2 is 2.14 bits per heavy atom. The van der Waals surface area contributed by atoms with Crippen molar-refractivity contribution in [3.8, 4) is 5.75 Å². The lowest BCUT2D eigenvalue weighted by atomic mass is 10.2. The standard InChI is InChI=1S/C22H30FN5O/c1-16(2)15-29-20-9-5-4-7-17(20)13-26-22(24-3)27-18-10-12-28(14-18)21-19(23)8-6-11-25-21/h4-9,11,16,18H,10,12-15H2,1-3H3,(H2,24,26,27). The Kier molecular flexibility index (Phi) is 7.27. The van der Waals surface area contributed by atoms with Crippen molar-refractivity contribution in [2.24, 2.45) is 10.9 Å². The predicted molar refractivity (Wildman–Crippen MR) is 115 cm³/mol. The molecule has 1 aromatic heterocycles. The van der Waals surface area contributed by atoms with Crippen LogP contribution >= 0.6 is 0 Å². The number of hydrogen-bond acceptors (Lipinski definition) is 4. The van der Waals surface area contributed by atoms with E-state index in [4.69, 9.17) is 4.74 Å². The number of hydrogen-bond donors (Lipinski definition) is 2. The highest BCUT2D eigenvalue weighted by Gasteiger charge is 2.25. The van der Waals surface area contributed by atoms with Crippen LogP contribution in [0.25, 0.3) is 0 Å². The normalized spacial score (nSPS) is 16.9. The van der Waals surface area contributed by atoms with Gasteiger partial charge in [-0.2, -0.15) is 0 Å². The van der Waals surface area contributed by atoms with Crippen LogP contribution in [0.4, 0.5) is 10.2 Å². The van der Waals surface area contributed by atoms with Gasteiger partial charge in [0.2, 0.25) is 0 Å². The van der Waals surface area contributed by atoms with Crippen LogP contribution in [-0.4, -0.2) is 43.7 Å². The highest BCUT2D eigenvalue weighted by Crippen LogP contribution is 2.21. The highest BCUT2D eigenvalue weighted by molar-refractivity contribution is 5.80. The highest BCUT2D eigenvalue weighted by atomic mass is 19.1. The van der Waals surface area contributed by atoms with E-state index >= 15 is 0 Å². The van der Waals surface area contributed by atoms with Crippen LogP contribution in [0.2, 0.25) is 0 Å². The van der Waals surface area contributed by atoms with Gasteiger partial charge in [-0.25, -0.2) is 9.37 Å². The molecule has 3 rings (SSSR count). The van der Waals surface area contributed by atoms with Crippen LogP contribution < -0.4 is 20.3 Å². The molecular weight excluding hydrogens is 369 g/mol. The number of aromatic nitrogens is 1. The molecule has 1 aliphatic heterocycles. The van der Waals surface area contributed by atoms with Crippen molar-refractivity contribution in [1.82, 2.24) is 15.6 Å². The van der Waals surface area contributed by atoms with Crippen LogP contribution in [0, 0.1) is 11.7 Å². The van der Waals surface area contributed by atoms with Crippen molar-refractivity contribution < 1.29 is 9.13 Å². The summed E-state index contributed by atoms with van der Waals surface area (Å²) < 4.78 is 19.9. The van der Waals surface area contributed by atoms with E-state index < -0.39 is 0 Å². The third kappa shape index (κ3) is 5.82. The van der Waals surface area contributed by atoms with Gasteiger partial charge in [-0.1, -0.05) is 32.0 Å². The summed E-state index contributed by atoms with van der Waals surface area (Å²) in [5.41, 5.74) is 1.08. The van der Waals surface area contributed by atoms with Crippen molar-refractivity contribution in [2.45, 2.75) is 32.9 Å². The molecule has 0 aliphatic carbocycles. The number of rotatable bonds is 7. The van der Waals surface area contributed by atoms with Crippen LogP contribution in [0.15, 0.2) is 47.6 Å². The van der Waals surface area contributed by atoms with Gasteiger partial charge in [0.1, 0.15) is 5.75 Å². The minimum atomic E-state index is -0.284. The number of nitrogens with zero attached hydrogens (tertiary/aromatic N) is 3. The second-order valence-electron chi connectivity index (χ2n) is 7.62. The Balaban J connectivity index is 1.54. The molecule has 1 aromatic carbocycles. The van der Waals surface area contributed by atoms with Gasteiger partial charge in [0, 0.05) is 44.5 Å². The molecule has 0 spiro atoms. The van der Waals surface area contributed by atoms with Crippen LogP contribution in [-0.2, 0) is 6.54 Å². The van der Waals surface area contributed by atoms with Gasteiger partial charge in [0.15, 0.2) is 17.6 Å². The Morgan fingerprint density at radius 1 is 1.31 bits per heavy atom. The van der Waals surface area contributed by atoms with Crippen molar-refractivity contribution >= 4 is 11.8 Å². The number of nitrogens with one attached hydrogen (secondary N) is 2. The molecule has 0 bridgehead atoms. The summed E-state index contributed by atoms with van der Waals surface area (Å²) in [6.07, 6.45) is 2.52. The van der Waals surface area contributed by atoms with E-state index in [2.05, 4.69) is 40.5 Å². The zero-order valence-electron chi connectivity index (χ0n) is 17.4. The molecule has 1 atom stereocenters. The van der Waals surface area contributed by atoms with Crippen molar-refractivity contribution in [1.29, 1.82) is 0 Å². The first-order valence-electron chi connectivity index (χ1n) is 10.1. The third-order valence-electron chi connectivity index (χ3n) is 4.78. The quantitative estimate of drug-likeness (QED) is 0.553. The van der Waals surface area contributed by atoms with Gasteiger partial charge in [0.05, 0.1) is 6.61 Å². The maximum Gasteiger partial charge on any atom is 0.191 e. The summed E-state index contributed by atoms with van der Waals surface area (Å²) in [7, 11) is 1.75. The molecule has 2 aromatic rings. The lowest BCUT2D eigenvalue weighted by Gasteiger charge is -2.20. The number of halogens is 1. The minimum Gasteiger partial charge on any atom is -0.493 e. The first-order chi connectivity index (χ1) is 14.1. The van der Waals surface area contributed by atoms with E-state index in [1.54, 1.807) is 19.3 Å². The molecule has 1 aliphatic rings. The molecule has 1 saturated heterocycles. The molecule has 2 heterocycles. The van der Waals surface area contributed by atoms with Gasteiger partial charge >= 0.3 is 0 Å². The van der Waals surface area contributed by atoms with Crippen LogP contribution in [0.5, 0.6) is 5.75 Å². The first-order valence-corrected chi connectivity index (χ1v) is 10.1. The molecule has 0 radical (unpaired) electrons. The average molecular weight is 400 g/mol. The smallest absolute Gasteiger partial charge is 0.191 e. The van der Waals surface area contributed by atoms with Crippen molar-refractivity contribution in [3.05, 3.63) is 54.0 Å². The zero-order chi connectivity index (χ0) is 20.6. The van der Waals surface area contributed by atoms with Gasteiger partial charge in [-0.15, -0.1) is 0 Å². The number of guanidine groups is 1.